The van der Waals surface area contributed by atoms with Crippen LogP contribution in [-0.2, 0) is 9.59 Å². The van der Waals surface area contributed by atoms with Gasteiger partial charge in [0.1, 0.15) is 6.54 Å². The first-order valence-electron chi connectivity index (χ1n) is 6.70. The number of amides is 3. The molecule has 8 heteroatoms. The summed E-state index contributed by atoms with van der Waals surface area (Å²) in [5.41, 5.74) is 5.12. The van der Waals surface area contributed by atoms with Crippen LogP contribution in [0.1, 0.15) is 13.3 Å². The first-order chi connectivity index (χ1) is 9.43. The molecular weight excluding hydrogens is 264 g/mol. The Morgan fingerprint density at radius 1 is 1.20 bits per heavy atom. The van der Waals surface area contributed by atoms with Crippen molar-refractivity contribution in [3.05, 3.63) is 0 Å². The lowest BCUT2D eigenvalue weighted by molar-refractivity contribution is -0.138. The van der Waals surface area contributed by atoms with Gasteiger partial charge < -0.3 is 20.6 Å². The molecule has 1 aliphatic heterocycles. The third kappa shape index (κ3) is 5.04. The molecule has 8 nitrogen and oxygen atoms in total. The average molecular weight is 286 g/mol. The molecule has 0 aromatic rings. The fourth-order valence-electron chi connectivity index (χ4n) is 2.21. The summed E-state index contributed by atoms with van der Waals surface area (Å²) in [6.45, 7) is 4.29. The molecule has 1 rings (SSSR count). The maximum atomic E-state index is 12.3. The van der Waals surface area contributed by atoms with Crippen LogP contribution in [0, 0.1) is 0 Å². The molecule has 0 aromatic carbocycles. The summed E-state index contributed by atoms with van der Waals surface area (Å²) in [5, 5.41) is 8.78. The van der Waals surface area contributed by atoms with Crippen molar-refractivity contribution in [2.45, 2.75) is 13.3 Å². The van der Waals surface area contributed by atoms with Crippen molar-refractivity contribution >= 4 is 17.9 Å². The highest BCUT2D eigenvalue weighted by Gasteiger charge is 2.24. The Balaban J connectivity index is 2.56. The summed E-state index contributed by atoms with van der Waals surface area (Å²) in [6.07, 6.45) is 0.715. The molecule has 1 heterocycles. The number of carbonyl (C=O) groups excluding carboxylic acids is 2. The third-order valence-electron chi connectivity index (χ3n) is 3.22. The lowest BCUT2D eigenvalue weighted by Crippen LogP contribution is -2.47. The predicted molar refractivity (Wildman–Crippen MR) is 72.1 cm³/mol. The van der Waals surface area contributed by atoms with Crippen LogP contribution in [0.5, 0.6) is 0 Å². The van der Waals surface area contributed by atoms with Gasteiger partial charge in [0.05, 0.1) is 6.54 Å². The molecule has 0 aromatic heterocycles. The second kappa shape index (κ2) is 7.68. The predicted octanol–water partition coefficient (Wildman–Crippen LogP) is -0.994. The third-order valence-corrected chi connectivity index (χ3v) is 3.22. The molecule has 3 N–H and O–H groups in total. The normalized spacial score (nSPS) is 16.6. The minimum absolute atomic E-state index is 0.0131. The second-order valence-electron chi connectivity index (χ2n) is 4.77. The SMILES string of the molecule is CCN(CC(N)=O)C(=O)N1CCCN(CC(=O)O)CC1. The van der Waals surface area contributed by atoms with Gasteiger partial charge in [-0.25, -0.2) is 4.79 Å². The summed E-state index contributed by atoms with van der Waals surface area (Å²) in [4.78, 5) is 38.7. The van der Waals surface area contributed by atoms with Crippen molar-refractivity contribution in [1.82, 2.24) is 14.7 Å². The van der Waals surface area contributed by atoms with E-state index in [4.69, 9.17) is 10.8 Å². The maximum Gasteiger partial charge on any atom is 0.320 e. The number of carboxylic acid groups (broad SMARTS) is 1. The highest BCUT2D eigenvalue weighted by Crippen LogP contribution is 2.06. The Hall–Kier alpha value is -1.83. The molecule has 0 saturated carbocycles. The summed E-state index contributed by atoms with van der Waals surface area (Å²) in [5.74, 6) is -1.41. The van der Waals surface area contributed by atoms with Crippen molar-refractivity contribution in [3.8, 4) is 0 Å². The van der Waals surface area contributed by atoms with Gasteiger partial charge in [-0.3, -0.25) is 14.5 Å². The molecule has 1 fully saturated rings. The molecule has 1 saturated heterocycles. The van der Waals surface area contributed by atoms with Crippen LogP contribution in [0.25, 0.3) is 0 Å². The van der Waals surface area contributed by atoms with Gasteiger partial charge in [0.2, 0.25) is 5.91 Å². The molecule has 0 radical (unpaired) electrons. The number of carboxylic acids is 1. The van der Waals surface area contributed by atoms with Crippen LogP contribution in [-0.4, -0.2) is 83.5 Å². The molecule has 1 aliphatic rings. The average Bonchev–Trinajstić information content (AvgIpc) is 2.59. The van der Waals surface area contributed by atoms with Crippen LogP contribution in [0.2, 0.25) is 0 Å². The highest BCUT2D eigenvalue weighted by molar-refractivity contribution is 5.83. The van der Waals surface area contributed by atoms with Gasteiger partial charge in [0.25, 0.3) is 0 Å². The van der Waals surface area contributed by atoms with E-state index in [0.717, 1.165) is 0 Å². The van der Waals surface area contributed by atoms with Crippen LogP contribution < -0.4 is 5.73 Å². The highest BCUT2D eigenvalue weighted by atomic mass is 16.4. The van der Waals surface area contributed by atoms with E-state index in [-0.39, 0.29) is 19.1 Å². The molecule has 0 aliphatic carbocycles. The molecular formula is C12H22N4O4. The zero-order chi connectivity index (χ0) is 15.1. The maximum absolute atomic E-state index is 12.3. The van der Waals surface area contributed by atoms with E-state index in [1.165, 1.54) is 4.90 Å². The van der Waals surface area contributed by atoms with Gasteiger partial charge in [0, 0.05) is 32.7 Å². The lowest BCUT2D eigenvalue weighted by Gasteiger charge is -2.28. The van der Waals surface area contributed by atoms with E-state index in [0.29, 0.717) is 39.1 Å². The number of aliphatic carboxylic acids is 1. The standard InChI is InChI=1S/C12H22N4O4/c1-2-15(8-10(13)17)12(20)16-5-3-4-14(6-7-16)9-11(18)19/h2-9H2,1H3,(H2,13,17)(H,18,19). The Morgan fingerprint density at radius 2 is 1.90 bits per heavy atom. The number of nitrogens with zero attached hydrogens (tertiary/aromatic N) is 3. The molecule has 0 spiro atoms. The van der Waals surface area contributed by atoms with Crippen molar-refractivity contribution in [1.29, 1.82) is 0 Å². The van der Waals surface area contributed by atoms with E-state index >= 15 is 0 Å². The monoisotopic (exact) mass is 286 g/mol. The molecule has 20 heavy (non-hydrogen) atoms. The first kappa shape index (κ1) is 16.2. The van der Waals surface area contributed by atoms with E-state index in [9.17, 15) is 14.4 Å². The Morgan fingerprint density at radius 3 is 2.45 bits per heavy atom. The number of carbonyl (C=O) groups is 3. The van der Waals surface area contributed by atoms with Crippen LogP contribution >= 0.6 is 0 Å². The summed E-state index contributed by atoms with van der Waals surface area (Å²) in [7, 11) is 0. The molecule has 114 valence electrons. The largest absolute Gasteiger partial charge is 0.480 e. The van der Waals surface area contributed by atoms with Gasteiger partial charge >= 0.3 is 12.0 Å². The van der Waals surface area contributed by atoms with E-state index in [2.05, 4.69) is 0 Å². The molecule has 3 amide bonds. The number of hydrogen-bond donors (Lipinski definition) is 2. The van der Waals surface area contributed by atoms with E-state index in [1.807, 2.05) is 0 Å². The second-order valence-corrected chi connectivity index (χ2v) is 4.77. The number of urea groups is 1. The number of hydrogen-bond acceptors (Lipinski definition) is 4. The van der Waals surface area contributed by atoms with Gasteiger partial charge in [0.15, 0.2) is 0 Å². The molecule has 0 bridgehead atoms. The fraction of sp³-hybridized carbons (Fsp3) is 0.750. The van der Waals surface area contributed by atoms with Crippen molar-refractivity contribution < 1.29 is 19.5 Å². The Kier molecular flexibility index (Phi) is 6.23. The van der Waals surface area contributed by atoms with Crippen molar-refractivity contribution in [2.75, 3.05) is 45.8 Å². The van der Waals surface area contributed by atoms with Crippen LogP contribution in [0.3, 0.4) is 0 Å². The first-order valence-corrected chi connectivity index (χ1v) is 6.70. The topological polar surface area (TPSA) is 107 Å². The van der Waals surface area contributed by atoms with Gasteiger partial charge in [-0.05, 0) is 13.3 Å². The Bertz CT molecular complexity index is 374. The van der Waals surface area contributed by atoms with Crippen molar-refractivity contribution in [2.24, 2.45) is 5.73 Å². The summed E-state index contributed by atoms with van der Waals surface area (Å²) >= 11 is 0. The summed E-state index contributed by atoms with van der Waals surface area (Å²) in [6, 6.07) is -0.219. The van der Waals surface area contributed by atoms with E-state index < -0.39 is 11.9 Å². The van der Waals surface area contributed by atoms with Gasteiger partial charge in [-0.1, -0.05) is 0 Å². The van der Waals surface area contributed by atoms with Gasteiger partial charge in [-0.2, -0.15) is 0 Å². The number of primary amides is 1. The van der Waals surface area contributed by atoms with E-state index in [1.54, 1.807) is 16.7 Å². The number of rotatable bonds is 5. The number of nitrogens with two attached hydrogens (primary N) is 1. The van der Waals surface area contributed by atoms with Crippen LogP contribution in [0.4, 0.5) is 4.79 Å². The molecule has 0 atom stereocenters. The van der Waals surface area contributed by atoms with Gasteiger partial charge in [-0.15, -0.1) is 0 Å². The zero-order valence-electron chi connectivity index (χ0n) is 11.7. The minimum Gasteiger partial charge on any atom is -0.480 e. The zero-order valence-corrected chi connectivity index (χ0v) is 11.7. The lowest BCUT2D eigenvalue weighted by atomic mass is 10.4. The smallest absolute Gasteiger partial charge is 0.320 e. The Labute approximate surface area is 118 Å². The summed E-state index contributed by atoms with van der Waals surface area (Å²) < 4.78 is 0. The number of likely N-dealkylation sites (N-methyl/N-ethyl adjacent to an activating group) is 1. The fourth-order valence-corrected chi connectivity index (χ4v) is 2.21. The van der Waals surface area contributed by atoms with Crippen LogP contribution in [0.15, 0.2) is 0 Å². The molecule has 0 unspecified atom stereocenters. The quantitative estimate of drug-likeness (QED) is 0.674. The minimum atomic E-state index is -0.867. The van der Waals surface area contributed by atoms with Crippen molar-refractivity contribution in [3.63, 3.8) is 0 Å².